The number of rotatable bonds is 4. The molecule has 28 heavy (non-hydrogen) atoms. The van der Waals surface area contributed by atoms with Crippen LogP contribution in [0.15, 0.2) is 34.1 Å². The van der Waals surface area contributed by atoms with Crippen LogP contribution >= 0.6 is 0 Å². The first kappa shape index (κ1) is 18.5. The molecule has 1 aromatic carbocycles. The number of halogens is 1. The first-order valence-corrected chi connectivity index (χ1v) is 9.25. The van der Waals surface area contributed by atoms with Crippen LogP contribution in [0.4, 0.5) is 4.39 Å². The number of carbonyl (C=O) groups is 1. The number of carbonyl (C=O) groups excluding carboxylic acids is 1. The van der Waals surface area contributed by atoms with Crippen LogP contribution in [0.25, 0.3) is 0 Å². The van der Waals surface area contributed by atoms with Crippen LogP contribution in [0, 0.1) is 12.7 Å². The Morgan fingerprint density at radius 2 is 2.04 bits per heavy atom. The Morgan fingerprint density at radius 3 is 2.71 bits per heavy atom. The standard InChI is InChI=1S/C19H22FN5O3/c1-13-17(23-28-21-13)12-24-6-8-25(9-7-24)18(26)19(2)11-16(22-27-19)14-4-3-5-15(20)10-14/h3-5,10H,6-9,11-12H2,1-2H3. The van der Waals surface area contributed by atoms with Gasteiger partial charge in [0.2, 0.25) is 5.60 Å². The number of benzene rings is 1. The van der Waals surface area contributed by atoms with Gasteiger partial charge in [-0.15, -0.1) is 0 Å². The summed E-state index contributed by atoms with van der Waals surface area (Å²) in [6, 6.07) is 6.16. The third-order valence-electron chi connectivity index (χ3n) is 5.25. The van der Waals surface area contributed by atoms with Gasteiger partial charge < -0.3 is 9.74 Å². The smallest absolute Gasteiger partial charge is 0.269 e. The van der Waals surface area contributed by atoms with E-state index in [0.29, 0.717) is 37.3 Å². The molecule has 9 heteroatoms. The van der Waals surface area contributed by atoms with Crippen molar-refractivity contribution in [2.45, 2.75) is 32.4 Å². The van der Waals surface area contributed by atoms with Gasteiger partial charge in [-0.25, -0.2) is 9.02 Å². The van der Waals surface area contributed by atoms with E-state index in [9.17, 15) is 9.18 Å². The van der Waals surface area contributed by atoms with Crippen molar-refractivity contribution in [2.75, 3.05) is 26.2 Å². The van der Waals surface area contributed by atoms with Gasteiger partial charge in [0.05, 0.1) is 5.71 Å². The van der Waals surface area contributed by atoms with Crippen molar-refractivity contribution >= 4 is 11.6 Å². The number of aryl methyl sites for hydroxylation is 1. The Balaban J connectivity index is 1.35. The molecule has 0 spiro atoms. The maximum Gasteiger partial charge on any atom is 0.269 e. The van der Waals surface area contributed by atoms with Crippen LogP contribution in [0.1, 0.15) is 30.3 Å². The Bertz CT molecular complexity index is 906. The van der Waals surface area contributed by atoms with E-state index in [1.807, 2.05) is 6.92 Å². The van der Waals surface area contributed by atoms with Crippen molar-refractivity contribution in [2.24, 2.45) is 5.16 Å². The fraction of sp³-hybridized carbons (Fsp3) is 0.474. The summed E-state index contributed by atoms with van der Waals surface area (Å²) in [5.74, 6) is -0.435. The topological polar surface area (TPSA) is 84.1 Å². The van der Waals surface area contributed by atoms with E-state index in [1.54, 1.807) is 24.0 Å². The number of hydrogen-bond donors (Lipinski definition) is 0. The lowest BCUT2D eigenvalue weighted by Crippen LogP contribution is -2.54. The molecule has 1 aromatic heterocycles. The van der Waals surface area contributed by atoms with Gasteiger partial charge in [0.1, 0.15) is 17.2 Å². The van der Waals surface area contributed by atoms with Crippen LogP contribution in [-0.4, -0.2) is 63.5 Å². The molecule has 0 radical (unpaired) electrons. The summed E-state index contributed by atoms with van der Waals surface area (Å²) in [5, 5.41) is 11.8. The molecule has 1 unspecified atom stereocenters. The van der Waals surface area contributed by atoms with Crippen molar-refractivity contribution in [1.82, 2.24) is 20.1 Å². The number of piperazine rings is 1. The average molecular weight is 387 g/mol. The molecule has 8 nitrogen and oxygen atoms in total. The zero-order chi connectivity index (χ0) is 19.7. The highest BCUT2D eigenvalue weighted by molar-refractivity contribution is 6.05. The summed E-state index contributed by atoms with van der Waals surface area (Å²) in [5.41, 5.74) is 1.77. The highest BCUT2D eigenvalue weighted by atomic mass is 19.1. The largest absolute Gasteiger partial charge is 0.379 e. The predicted molar refractivity (Wildman–Crippen MR) is 97.9 cm³/mol. The summed E-state index contributed by atoms with van der Waals surface area (Å²) < 4.78 is 18.2. The Morgan fingerprint density at radius 1 is 1.25 bits per heavy atom. The van der Waals surface area contributed by atoms with Gasteiger partial charge >= 0.3 is 0 Å². The first-order valence-electron chi connectivity index (χ1n) is 9.25. The fourth-order valence-corrected chi connectivity index (χ4v) is 3.53. The second kappa shape index (κ2) is 7.31. The van der Waals surface area contributed by atoms with E-state index < -0.39 is 5.60 Å². The molecule has 1 fully saturated rings. The van der Waals surface area contributed by atoms with Gasteiger partial charge in [-0.3, -0.25) is 9.69 Å². The second-order valence-corrected chi connectivity index (χ2v) is 7.41. The lowest BCUT2D eigenvalue weighted by Gasteiger charge is -2.37. The minimum Gasteiger partial charge on any atom is -0.379 e. The lowest BCUT2D eigenvalue weighted by molar-refractivity contribution is -0.155. The molecule has 2 aliphatic heterocycles. The molecule has 1 atom stereocenters. The van der Waals surface area contributed by atoms with Crippen molar-refractivity contribution in [3.63, 3.8) is 0 Å². The summed E-state index contributed by atoms with van der Waals surface area (Å²) in [7, 11) is 0. The fourth-order valence-electron chi connectivity index (χ4n) is 3.53. The quantitative estimate of drug-likeness (QED) is 0.795. The van der Waals surface area contributed by atoms with Gasteiger partial charge in [0.25, 0.3) is 5.91 Å². The van der Waals surface area contributed by atoms with Crippen LogP contribution < -0.4 is 0 Å². The molecule has 148 valence electrons. The minimum absolute atomic E-state index is 0.0958. The van der Waals surface area contributed by atoms with Gasteiger partial charge in [0.15, 0.2) is 0 Å². The SMILES string of the molecule is Cc1nonc1CN1CCN(C(=O)C2(C)CC(c3cccc(F)c3)=NO2)CC1. The summed E-state index contributed by atoms with van der Waals surface area (Å²) in [6.07, 6.45) is 0.319. The summed E-state index contributed by atoms with van der Waals surface area (Å²) >= 11 is 0. The Labute approximate surface area is 161 Å². The predicted octanol–water partition coefficient (Wildman–Crippen LogP) is 1.74. The maximum absolute atomic E-state index is 13.5. The molecular formula is C19H22FN5O3. The monoisotopic (exact) mass is 387 g/mol. The molecule has 0 N–H and O–H groups in total. The molecule has 0 saturated carbocycles. The van der Waals surface area contributed by atoms with Crippen molar-refractivity contribution in [1.29, 1.82) is 0 Å². The normalized spacial score (nSPS) is 22.8. The molecule has 0 bridgehead atoms. The van der Waals surface area contributed by atoms with E-state index in [2.05, 4.69) is 20.4 Å². The minimum atomic E-state index is -1.06. The van der Waals surface area contributed by atoms with E-state index in [4.69, 9.17) is 9.47 Å². The summed E-state index contributed by atoms with van der Waals surface area (Å²) in [4.78, 5) is 22.6. The van der Waals surface area contributed by atoms with E-state index >= 15 is 0 Å². The highest BCUT2D eigenvalue weighted by Crippen LogP contribution is 2.29. The van der Waals surface area contributed by atoms with Crippen LogP contribution in [0.5, 0.6) is 0 Å². The van der Waals surface area contributed by atoms with Crippen LogP contribution in [0.3, 0.4) is 0 Å². The van der Waals surface area contributed by atoms with Crippen molar-refractivity contribution in [3.8, 4) is 0 Å². The number of hydrogen-bond acceptors (Lipinski definition) is 7. The van der Waals surface area contributed by atoms with Crippen molar-refractivity contribution in [3.05, 3.63) is 47.0 Å². The van der Waals surface area contributed by atoms with Gasteiger partial charge in [-0.05, 0) is 26.0 Å². The zero-order valence-corrected chi connectivity index (χ0v) is 15.9. The Kier molecular flexibility index (Phi) is 4.84. The van der Waals surface area contributed by atoms with E-state index in [0.717, 1.165) is 24.5 Å². The highest BCUT2D eigenvalue weighted by Gasteiger charge is 2.45. The number of amides is 1. The van der Waals surface area contributed by atoms with E-state index in [-0.39, 0.29) is 11.7 Å². The molecule has 3 heterocycles. The molecular weight excluding hydrogens is 365 g/mol. The first-order chi connectivity index (χ1) is 13.4. The number of oxime groups is 1. The zero-order valence-electron chi connectivity index (χ0n) is 15.9. The van der Waals surface area contributed by atoms with Gasteiger partial charge in [0, 0.05) is 44.7 Å². The average Bonchev–Trinajstić information content (AvgIpc) is 3.29. The third kappa shape index (κ3) is 3.62. The lowest BCUT2D eigenvalue weighted by atomic mass is 9.94. The van der Waals surface area contributed by atoms with E-state index in [1.165, 1.54) is 12.1 Å². The Hall–Kier alpha value is -2.81. The molecule has 0 aliphatic carbocycles. The van der Waals surface area contributed by atoms with Crippen LogP contribution in [0.2, 0.25) is 0 Å². The second-order valence-electron chi connectivity index (χ2n) is 7.41. The molecule has 2 aromatic rings. The maximum atomic E-state index is 13.5. The third-order valence-corrected chi connectivity index (χ3v) is 5.25. The van der Waals surface area contributed by atoms with Crippen molar-refractivity contribution < 1.29 is 18.7 Å². The number of aromatic nitrogens is 2. The molecule has 1 saturated heterocycles. The molecule has 1 amide bonds. The summed E-state index contributed by atoms with van der Waals surface area (Å²) in [6.45, 7) is 6.90. The van der Waals surface area contributed by atoms with Gasteiger partial charge in [-0.1, -0.05) is 27.6 Å². The van der Waals surface area contributed by atoms with Crippen LogP contribution in [-0.2, 0) is 16.2 Å². The molecule has 4 rings (SSSR count). The molecule has 2 aliphatic rings. The number of nitrogens with zero attached hydrogens (tertiary/aromatic N) is 5. The van der Waals surface area contributed by atoms with Gasteiger partial charge in [-0.2, -0.15) is 0 Å².